The van der Waals surface area contributed by atoms with Gasteiger partial charge in [0.25, 0.3) is 0 Å². The maximum Gasteiger partial charge on any atom is 0.0716 e. The van der Waals surface area contributed by atoms with Crippen molar-refractivity contribution < 1.29 is 0 Å². The van der Waals surface area contributed by atoms with Gasteiger partial charge in [-0.2, -0.15) is 0 Å². The highest BCUT2D eigenvalue weighted by Crippen LogP contribution is 2.42. The molecular weight excluding hydrogens is 819 g/mol. The zero-order valence-corrected chi connectivity index (χ0v) is 37.3. The van der Waals surface area contributed by atoms with Gasteiger partial charge < -0.3 is 0 Å². The van der Waals surface area contributed by atoms with Gasteiger partial charge in [-0.25, -0.2) is 4.98 Å². The predicted molar refractivity (Wildman–Crippen MR) is 290 cm³/mol. The van der Waals surface area contributed by atoms with Crippen LogP contribution in [0, 0.1) is 0 Å². The molecule has 1 heteroatoms. The molecule has 0 radical (unpaired) electrons. The van der Waals surface area contributed by atoms with Gasteiger partial charge in [-0.05, 0) is 158 Å². The lowest BCUT2D eigenvalue weighted by atomic mass is 9.88. The molecule has 1 aromatic heterocycles. The summed E-state index contributed by atoms with van der Waals surface area (Å²) in [6.07, 6.45) is 0. The molecule has 0 N–H and O–H groups in total. The molecule has 0 atom stereocenters. The molecule has 12 aromatic carbocycles. The van der Waals surface area contributed by atoms with Crippen LogP contribution in [0.5, 0.6) is 0 Å². The Morgan fingerprint density at radius 2 is 0.559 bits per heavy atom. The van der Waals surface area contributed by atoms with Crippen LogP contribution in [0.1, 0.15) is 0 Å². The largest absolute Gasteiger partial charge is 0.248 e. The number of hydrogen-bond acceptors (Lipinski definition) is 1. The third kappa shape index (κ3) is 7.01. The highest BCUT2D eigenvalue weighted by atomic mass is 14.7. The molecule has 0 amide bonds. The molecule has 0 aliphatic carbocycles. The Hall–Kier alpha value is -8.91. The topological polar surface area (TPSA) is 12.9 Å². The Bertz CT molecular complexity index is 4020. The SMILES string of the molecule is c1ccc(-c2ccc(-c3cc(-c4cccc(-c5ccccc5)c4)cc(-c4cc(-c5ccc6c7ccccc7c7ccccc7c6c5)cc(-c5cc6ccccc6c6ccccc56)c4)n3)cc2)cc1. The number of nitrogens with zero attached hydrogens (tertiary/aromatic N) is 1. The van der Waals surface area contributed by atoms with E-state index in [9.17, 15) is 0 Å². The normalized spacial score (nSPS) is 11.5. The standard InChI is InChI=1S/C67H43N/c1-3-16-44(17-4-1)46-30-32-47(33-31-46)66-42-53(49-22-15-21-48(36-49)45-18-5-2-6-19-45)43-67(68-66)55-38-52(37-54(39-55)64-41-51-20-7-8-23-56(51)57-24-9-13-28-61(57)64)50-34-35-63-60-27-11-10-25-58(60)59-26-12-14-29-62(59)65(63)40-50/h1-43H. The number of benzene rings is 12. The summed E-state index contributed by atoms with van der Waals surface area (Å²) in [4.78, 5) is 5.59. The molecule has 0 aliphatic heterocycles. The molecular formula is C67H43N. The Morgan fingerprint density at radius 3 is 1.22 bits per heavy atom. The van der Waals surface area contributed by atoms with Gasteiger partial charge in [-0.15, -0.1) is 0 Å². The van der Waals surface area contributed by atoms with Crippen LogP contribution in [0.4, 0.5) is 0 Å². The molecule has 13 rings (SSSR count). The summed E-state index contributed by atoms with van der Waals surface area (Å²) in [7, 11) is 0. The van der Waals surface area contributed by atoms with Gasteiger partial charge in [-0.3, -0.25) is 0 Å². The van der Waals surface area contributed by atoms with E-state index in [0.29, 0.717) is 0 Å². The molecule has 0 aliphatic rings. The first-order chi connectivity index (χ1) is 33.7. The first kappa shape index (κ1) is 39.5. The van der Waals surface area contributed by atoms with Gasteiger partial charge in [0, 0.05) is 11.1 Å². The summed E-state index contributed by atoms with van der Waals surface area (Å²) < 4.78 is 0. The fraction of sp³-hybridized carbons (Fsp3) is 0. The summed E-state index contributed by atoms with van der Waals surface area (Å²) in [6.45, 7) is 0. The van der Waals surface area contributed by atoms with Crippen molar-refractivity contribution in [3.05, 3.63) is 261 Å². The summed E-state index contributed by atoms with van der Waals surface area (Å²) >= 11 is 0. The van der Waals surface area contributed by atoms with E-state index >= 15 is 0 Å². The Labute approximate surface area is 395 Å². The van der Waals surface area contributed by atoms with Crippen LogP contribution in [-0.2, 0) is 0 Å². The van der Waals surface area contributed by atoms with Gasteiger partial charge in [0.2, 0.25) is 0 Å². The van der Waals surface area contributed by atoms with Gasteiger partial charge >= 0.3 is 0 Å². The number of pyridine rings is 1. The predicted octanol–water partition coefficient (Wildman–Crippen LogP) is 18.5. The molecule has 0 bridgehead atoms. The molecule has 0 saturated heterocycles. The first-order valence-electron chi connectivity index (χ1n) is 23.4. The molecule has 0 fully saturated rings. The maximum absolute atomic E-state index is 5.59. The van der Waals surface area contributed by atoms with Gasteiger partial charge in [0.15, 0.2) is 0 Å². The maximum atomic E-state index is 5.59. The van der Waals surface area contributed by atoms with Crippen molar-refractivity contribution in [1.82, 2.24) is 4.98 Å². The number of rotatable bonds is 7. The lowest BCUT2D eigenvalue weighted by Gasteiger charge is -2.17. The zero-order chi connectivity index (χ0) is 45.0. The Balaban J connectivity index is 1.06. The molecule has 0 saturated carbocycles. The van der Waals surface area contributed by atoms with Crippen molar-refractivity contribution in [2.75, 3.05) is 0 Å². The fourth-order valence-corrected chi connectivity index (χ4v) is 10.4. The smallest absolute Gasteiger partial charge is 0.0716 e. The fourth-order valence-electron chi connectivity index (χ4n) is 10.4. The van der Waals surface area contributed by atoms with Gasteiger partial charge in [0.05, 0.1) is 11.4 Å². The van der Waals surface area contributed by atoms with E-state index in [-0.39, 0.29) is 0 Å². The second kappa shape index (κ2) is 16.5. The lowest BCUT2D eigenvalue weighted by Crippen LogP contribution is -1.94. The highest BCUT2D eigenvalue weighted by Gasteiger charge is 2.17. The minimum absolute atomic E-state index is 0.917. The van der Waals surface area contributed by atoms with Gasteiger partial charge in [-0.1, -0.05) is 212 Å². The minimum atomic E-state index is 0.917. The van der Waals surface area contributed by atoms with Crippen molar-refractivity contribution >= 4 is 53.9 Å². The van der Waals surface area contributed by atoms with Crippen molar-refractivity contribution in [1.29, 1.82) is 0 Å². The summed E-state index contributed by atoms with van der Waals surface area (Å²) in [6, 6.07) is 95.3. The first-order valence-corrected chi connectivity index (χ1v) is 23.4. The van der Waals surface area contributed by atoms with Crippen molar-refractivity contribution in [3.8, 4) is 78.1 Å². The zero-order valence-electron chi connectivity index (χ0n) is 37.3. The second-order valence-corrected chi connectivity index (χ2v) is 17.9. The van der Waals surface area contributed by atoms with Crippen LogP contribution in [0.3, 0.4) is 0 Å². The molecule has 13 aromatic rings. The molecule has 0 unspecified atom stereocenters. The average molecular weight is 862 g/mol. The van der Waals surface area contributed by atoms with Crippen LogP contribution in [0.15, 0.2) is 261 Å². The van der Waals surface area contributed by atoms with E-state index < -0.39 is 0 Å². The quantitative estimate of drug-likeness (QED) is 0.146. The van der Waals surface area contributed by atoms with Crippen molar-refractivity contribution in [3.63, 3.8) is 0 Å². The van der Waals surface area contributed by atoms with Crippen molar-refractivity contribution in [2.45, 2.75) is 0 Å². The van der Waals surface area contributed by atoms with Crippen LogP contribution in [0.25, 0.3) is 132 Å². The van der Waals surface area contributed by atoms with Crippen LogP contribution in [-0.4, -0.2) is 4.98 Å². The monoisotopic (exact) mass is 861 g/mol. The molecule has 0 spiro atoms. The molecule has 316 valence electrons. The summed E-state index contributed by atoms with van der Waals surface area (Å²) in [5, 5.41) is 12.5. The summed E-state index contributed by atoms with van der Waals surface area (Å²) in [5.41, 5.74) is 15.6. The van der Waals surface area contributed by atoms with E-state index in [0.717, 1.165) is 50.3 Å². The van der Waals surface area contributed by atoms with Crippen LogP contribution < -0.4 is 0 Å². The van der Waals surface area contributed by atoms with Crippen molar-refractivity contribution in [2.24, 2.45) is 0 Å². The minimum Gasteiger partial charge on any atom is -0.248 e. The third-order valence-corrected chi connectivity index (χ3v) is 13.8. The Kier molecular flexibility index (Phi) is 9.58. The second-order valence-electron chi connectivity index (χ2n) is 17.9. The number of hydrogen-bond donors (Lipinski definition) is 0. The molecule has 1 nitrogen and oxygen atoms in total. The van der Waals surface area contributed by atoms with E-state index in [2.05, 4.69) is 261 Å². The molecule has 1 heterocycles. The lowest BCUT2D eigenvalue weighted by molar-refractivity contribution is 1.32. The van der Waals surface area contributed by atoms with E-state index in [1.54, 1.807) is 0 Å². The third-order valence-electron chi connectivity index (χ3n) is 13.8. The van der Waals surface area contributed by atoms with E-state index in [4.69, 9.17) is 4.98 Å². The van der Waals surface area contributed by atoms with E-state index in [1.165, 1.54) is 81.7 Å². The average Bonchev–Trinajstić information content (AvgIpc) is 3.43. The van der Waals surface area contributed by atoms with Crippen LogP contribution in [0.2, 0.25) is 0 Å². The highest BCUT2D eigenvalue weighted by molar-refractivity contribution is 6.26. The summed E-state index contributed by atoms with van der Waals surface area (Å²) in [5.74, 6) is 0. The van der Waals surface area contributed by atoms with Crippen LogP contribution >= 0.6 is 0 Å². The Morgan fingerprint density at radius 1 is 0.176 bits per heavy atom. The van der Waals surface area contributed by atoms with Gasteiger partial charge in [0.1, 0.15) is 0 Å². The van der Waals surface area contributed by atoms with E-state index in [1.807, 2.05) is 0 Å². The number of fused-ring (bicyclic) bond motifs is 9. The number of aromatic nitrogens is 1. The molecule has 68 heavy (non-hydrogen) atoms.